The van der Waals surface area contributed by atoms with Crippen LogP contribution in [0.5, 0.6) is 0 Å². The fourth-order valence-electron chi connectivity index (χ4n) is 3.00. The van der Waals surface area contributed by atoms with E-state index in [0.717, 1.165) is 10.7 Å². The van der Waals surface area contributed by atoms with E-state index in [1.165, 1.54) is 17.4 Å². The topological polar surface area (TPSA) is 49.3 Å². The molecule has 1 fully saturated rings. The van der Waals surface area contributed by atoms with Gasteiger partial charge in [0.1, 0.15) is 16.5 Å². The van der Waals surface area contributed by atoms with Crippen LogP contribution in [0.4, 0.5) is 10.1 Å². The summed E-state index contributed by atoms with van der Waals surface area (Å²) in [5.41, 5.74) is 1.79. The van der Waals surface area contributed by atoms with E-state index in [9.17, 15) is 9.18 Å². The van der Waals surface area contributed by atoms with Crippen molar-refractivity contribution < 1.29 is 9.18 Å². The summed E-state index contributed by atoms with van der Waals surface area (Å²) in [6.07, 6.45) is 1.71. The summed E-state index contributed by atoms with van der Waals surface area (Å²) in [6, 6.07) is 12.4. The average molecular weight is 368 g/mol. The van der Waals surface area contributed by atoms with E-state index in [2.05, 4.69) is 9.97 Å². The summed E-state index contributed by atoms with van der Waals surface area (Å²) in [5, 5.41) is 2.51. The summed E-state index contributed by atoms with van der Waals surface area (Å²) >= 11 is 1.41. The van der Waals surface area contributed by atoms with Crippen molar-refractivity contribution in [3.05, 3.63) is 65.6 Å². The molecule has 1 aliphatic heterocycles. The first-order chi connectivity index (χ1) is 12.7. The standard InChI is InChI=1S/C19H17FN4OS/c20-14-5-1-2-7-17(14)23-9-11-24(12-10-23)19(25)16-13-26-18(22-16)15-6-3-4-8-21-15/h1-8,13H,9-12H2. The van der Waals surface area contributed by atoms with Gasteiger partial charge < -0.3 is 9.80 Å². The number of aromatic nitrogens is 2. The number of carbonyl (C=O) groups is 1. The minimum Gasteiger partial charge on any atom is -0.366 e. The average Bonchev–Trinajstić information content (AvgIpc) is 3.19. The second-order valence-corrected chi connectivity index (χ2v) is 6.84. The Hall–Kier alpha value is -2.80. The fourth-order valence-corrected chi connectivity index (χ4v) is 3.77. The fraction of sp³-hybridized carbons (Fsp3) is 0.211. The third-order valence-electron chi connectivity index (χ3n) is 4.37. The smallest absolute Gasteiger partial charge is 0.273 e. The van der Waals surface area contributed by atoms with Gasteiger partial charge in [0, 0.05) is 37.8 Å². The lowest BCUT2D eigenvalue weighted by Gasteiger charge is -2.35. The van der Waals surface area contributed by atoms with Gasteiger partial charge in [0.15, 0.2) is 0 Å². The van der Waals surface area contributed by atoms with Gasteiger partial charge in [0.25, 0.3) is 5.91 Å². The van der Waals surface area contributed by atoms with Crippen LogP contribution in [0.1, 0.15) is 10.5 Å². The van der Waals surface area contributed by atoms with Crippen LogP contribution in [0.3, 0.4) is 0 Å². The molecule has 0 atom stereocenters. The first kappa shape index (κ1) is 16.7. The van der Waals surface area contributed by atoms with E-state index in [0.29, 0.717) is 37.6 Å². The van der Waals surface area contributed by atoms with Gasteiger partial charge in [0.2, 0.25) is 0 Å². The number of anilines is 1. The lowest BCUT2D eigenvalue weighted by atomic mass is 10.2. The van der Waals surface area contributed by atoms with E-state index < -0.39 is 0 Å². The predicted molar refractivity (Wildman–Crippen MR) is 99.9 cm³/mol. The number of pyridine rings is 1. The zero-order valence-corrected chi connectivity index (χ0v) is 14.8. The molecule has 0 N–H and O–H groups in total. The van der Waals surface area contributed by atoms with Crippen molar-refractivity contribution >= 4 is 22.9 Å². The molecule has 0 spiro atoms. The van der Waals surface area contributed by atoms with Crippen molar-refractivity contribution in [1.82, 2.24) is 14.9 Å². The van der Waals surface area contributed by atoms with Crippen LogP contribution in [0.25, 0.3) is 10.7 Å². The highest BCUT2D eigenvalue weighted by molar-refractivity contribution is 7.13. The van der Waals surface area contributed by atoms with Gasteiger partial charge in [-0.1, -0.05) is 18.2 Å². The molecule has 3 heterocycles. The summed E-state index contributed by atoms with van der Waals surface area (Å²) in [4.78, 5) is 25.2. The van der Waals surface area contributed by atoms with Crippen molar-refractivity contribution in [3.63, 3.8) is 0 Å². The van der Waals surface area contributed by atoms with Gasteiger partial charge in [-0.2, -0.15) is 0 Å². The monoisotopic (exact) mass is 368 g/mol. The van der Waals surface area contributed by atoms with E-state index in [-0.39, 0.29) is 11.7 Å². The van der Waals surface area contributed by atoms with Gasteiger partial charge >= 0.3 is 0 Å². The molecule has 132 valence electrons. The Morgan fingerprint density at radius 3 is 2.54 bits per heavy atom. The highest BCUT2D eigenvalue weighted by atomic mass is 32.1. The SMILES string of the molecule is O=C(c1csc(-c2ccccn2)n1)N1CCN(c2ccccc2F)CC1. The molecule has 0 radical (unpaired) electrons. The number of para-hydroxylation sites is 1. The zero-order valence-electron chi connectivity index (χ0n) is 14.0. The second-order valence-electron chi connectivity index (χ2n) is 5.98. The van der Waals surface area contributed by atoms with Crippen LogP contribution >= 0.6 is 11.3 Å². The molecule has 1 aliphatic rings. The summed E-state index contributed by atoms with van der Waals surface area (Å²) in [7, 11) is 0. The minimum absolute atomic E-state index is 0.0865. The number of thiazole rings is 1. The van der Waals surface area contributed by atoms with Crippen molar-refractivity contribution in [2.45, 2.75) is 0 Å². The lowest BCUT2D eigenvalue weighted by Crippen LogP contribution is -2.49. The summed E-state index contributed by atoms with van der Waals surface area (Å²) in [6.45, 7) is 2.29. The van der Waals surface area contributed by atoms with Gasteiger partial charge in [-0.3, -0.25) is 9.78 Å². The lowest BCUT2D eigenvalue weighted by molar-refractivity contribution is 0.0741. The summed E-state index contributed by atoms with van der Waals surface area (Å²) in [5.74, 6) is -0.316. The number of halogens is 1. The largest absolute Gasteiger partial charge is 0.366 e. The third-order valence-corrected chi connectivity index (χ3v) is 5.23. The highest BCUT2D eigenvalue weighted by Gasteiger charge is 2.25. The Labute approximate surface area is 154 Å². The molecule has 1 amide bonds. The van der Waals surface area contributed by atoms with Crippen LogP contribution < -0.4 is 4.90 Å². The molecule has 26 heavy (non-hydrogen) atoms. The molecule has 0 bridgehead atoms. The maximum atomic E-state index is 13.9. The molecular formula is C19H17FN4OS. The van der Waals surface area contributed by atoms with Gasteiger partial charge in [-0.15, -0.1) is 11.3 Å². The number of nitrogens with zero attached hydrogens (tertiary/aromatic N) is 4. The van der Waals surface area contributed by atoms with E-state index >= 15 is 0 Å². The highest BCUT2D eigenvalue weighted by Crippen LogP contribution is 2.24. The molecule has 0 aliphatic carbocycles. The Bertz CT molecular complexity index is 907. The Morgan fingerprint density at radius 1 is 1.04 bits per heavy atom. The molecule has 0 unspecified atom stereocenters. The quantitative estimate of drug-likeness (QED) is 0.712. The van der Waals surface area contributed by atoms with Crippen LogP contribution in [-0.2, 0) is 0 Å². The number of benzene rings is 1. The third kappa shape index (κ3) is 3.30. The zero-order chi connectivity index (χ0) is 17.9. The normalized spacial score (nSPS) is 14.5. The number of piperazine rings is 1. The number of hydrogen-bond donors (Lipinski definition) is 0. The van der Waals surface area contributed by atoms with E-state index in [4.69, 9.17) is 0 Å². The number of carbonyl (C=O) groups excluding carboxylic acids is 1. The molecule has 7 heteroatoms. The van der Waals surface area contributed by atoms with Crippen LogP contribution in [0.2, 0.25) is 0 Å². The maximum absolute atomic E-state index is 13.9. The van der Waals surface area contributed by atoms with Crippen LogP contribution in [0.15, 0.2) is 54.0 Å². The van der Waals surface area contributed by atoms with Gasteiger partial charge in [-0.05, 0) is 24.3 Å². The second kappa shape index (κ2) is 7.21. The molecule has 1 saturated heterocycles. The number of amides is 1. The maximum Gasteiger partial charge on any atom is 0.273 e. The molecule has 2 aromatic heterocycles. The molecular weight excluding hydrogens is 351 g/mol. The van der Waals surface area contributed by atoms with Crippen molar-refractivity contribution in [2.75, 3.05) is 31.1 Å². The molecule has 0 saturated carbocycles. The summed E-state index contributed by atoms with van der Waals surface area (Å²) < 4.78 is 13.9. The number of rotatable bonds is 3. The minimum atomic E-state index is -0.230. The molecule has 1 aromatic carbocycles. The molecule has 4 rings (SSSR count). The van der Waals surface area contributed by atoms with E-state index in [1.807, 2.05) is 29.2 Å². The Morgan fingerprint density at radius 2 is 1.81 bits per heavy atom. The van der Waals surface area contributed by atoms with Crippen molar-refractivity contribution in [1.29, 1.82) is 0 Å². The first-order valence-corrected chi connectivity index (χ1v) is 9.26. The van der Waals surface area contributed by atoms with Gasteiger partial charge in [0.05, 0.1) is 11.4 Å². The Kier molecular flexibility index (Phi) is 4.62. The first-order valence-electron chi connectivity index (χ1n) is 8.38. The van der Waals surface area contributed by atoms with Crippen LogP contribution in [0, 0.1) is 5.82 Å². The van der Waals surface area contributed by atoms with Crippen LogP contribution in [-0.4, -0.2) is 47.0 Å². The molecule has 5 nitrogen and oxygen atoms in total. The predicted octanol–water partition coefficient (Wildman–Crippen LogP) is 3.31. The van der Waals surface area contributed by atoms with Gasteiger partial charge in [-0.25, -0.2) is 9.37 Å². The van der Waals surface area contributed by atoms with Crippen molar-refractivity contribution in [2.24, 2.45) is 0 Å². The Balaban J connectivity index is 1.43. The number of hydrogen-bond acceptors (Lipinski definition) is 5. The van der Waals surface area contributed by atoms with E-state index in [1.54, 1.807) is 28.6 Å². The molecule has 3 aromatic rings. The van der Waals surface area contributed by atoms with Crippen molar-refractivity contribution in [3.8, 4) is 10.7 Å².